The first-order valence-electron chi connectivity index (χ1n) is 5.33. The van der Waals surface area contributed by atoms with Crippen molar-refractivity contribution >= 4 is 6.09 Å². The van der Waals surface area contributed by atoms with Crippen molar-refractivity contribution in [3.8, 4) is 6.07 Å². The maximum absolute atomic E-state index is 11.8. The Morgan fingerprint density at radius 1 is 1.47 bits per heavy atom. The molecule has 0 aromatic carbocycles. The van der Waals surface area contributed by atoms with Crippen LogP contribution in [0.4, 0.5) is 4.79 Å². The molecule has 1 amide bonds. The van der Waals surface area contributed by atoms with Crippen molar-refractivity contribution in [1.29, 1.82) is 5.26 Å². The Morgan fingerprint density at radius 3 is 2.67 bits per heavy atom. The number of carbonyl (C=O) groups excluding carboxylic acids is 1. The molecular weight excluding hydrogens is 192 g/mol. The Balaban J connectivity index is 2.04. The van der Waals surface area contributed by atoms with Gasteiger partial charge in [-0.05, 0) is 39.5 Å². The fourth-order valence-corrected chi connectivity index (χ4v) is 2.15. The number of hydrogen-bond acceptors (Lipinski definition) is 3. The molecule has 2 aliphatic rings. The normalized spacial score (nSPS) is 33.2. The summed E-state index contributed by atoms with van der Waals surface area (Å²) in [5, 5.41) is 8.92. The molecule has 1 heterocycles. The molecular formula is C11H16N2O2. The first kappa shape index (κ1) is 10.3. The molecule has 0 spiro atoms. The molecule has 0 radical (unpaired) electrons. The summed E-state index contributed by atoms with van der Waals surface area (Å²) in [6.07, 6.45) is 1.52. The zero-order valence-corrected chi connectivity index (χ0v) is 9.36. The Morgan fingerprint density at radius 2 is 2.13 bits per heavy atom. The molecule has 1 aliphatic carbocycles. The molecule has 1 aliphatic heterocycles. The van der Waals surface area contributed by atoms with Crippen molar-refractivity contribution in [2.45, 2.75) is 51.3 Å². The molecule has 1 saturated heterocycles. The first-order valence-corrected chi connectivity index (χ1v) is 5.33. The van der Waals surface area contributed by atoms with Gasteiger partial charge in [0.15, 0.2) is 0 Å². The molecule has 1 saturated carbocycles. The van der Waals surface area contributed by atoms with E-state index in [2.05, 4.69) is 6.07 Å². The van der Waals surface area contributed by atoms with E-state index in [1.807, 2.05) is 20.8 Å². The maximum atomic E-state index is 11.8. The Kier molecular flexibility index (Phi) is 2.14. The molecule has 3 atom stereocenters. The average molecular weight is 208 g/mol. The largest absolute Gasteiger partial charge is 0.444 e. The number of carbonyl (C=O) groups is 1. The van der Waals surface area contributed by atoms with E-state index < -0.39 is 5.60 Å². The van der Waals surface area contributed by atoms with Gasteiger partial charge < -0.3 is 4.74 Å². The first-order chi connectivity index (χ1) is 6.92. The van der Waals surface area contributed by atoms with E-state index in [1.54, 1.807) is 4.90 Å². The van der Waals surface area contributed by atoms with Crippen LogP contribution in [0.25, 0.3) is 0 Å². The molecule has 4 heteroatoms. The lowest BCUT2D eigenvalue weighted by molar-refractivity contribution is 0.0223. The summed E-state index contributed by atoms with van der Waals surface area (Å²) in [5.74, 6) is 0.544. The maximum Gasteiger partial charge on any atom is 0.411 e. The van der Waals surface area contributed by atoms with Crippen LogP contribution >= 0.6 is 0 Å². The van der Waals surface area contributed by atoms with Gasteiger partial charge in [0.2, 0.25) is 0 Å². The highest BCUT2D eigenvalue weighted by Crippen LogP contribution is 2.48. The minimum atomic E-state index is -0.482. The lowest BCUT2D eigenvalue weighted by Crippen LogP contribution is -2.41. The lowest BCUT2D eigenvalue weighted by atomic mass is 10.2. The Labute approximate surface area is 89.8 Å². The molecule has 0 aromatic rings. The fraction of sp³-hybridized carbons (Fsp3) is 0.818. The van der Waals surface area contributed by atoms with Gasteiger partial charge in [0.1, 0.15) is 11.6 Å². The van der Waals surface area contributed by atoms with Crippen LogP contribution in [0.15, 0.2) is 0 Å². The summed E-state index contributed by atoms with van der Waals surface area (Å²) in [5.41, 5.74) is -0.482. The van der Waals surface area contributed by atoms with Gasteiger partial charge in [-0.1, -0.05) is 0 Å². The van der Waals surface area contributed by atoms with Crippen molar-refractivity contribution in [2.24, 2.45) is 5.92 Å². The molecule has 0 bridgehead atoms. The van der Waals surface area contributed by atoms with Gasteiger partial charge in [-0.25, -0.2) is 4.79 Å². The third-order valence-corrected chi connectivity index (χ3v) is 2.86. The Hall–Kier alpha value is -1.24. The van der Waals surface area contributed by atoms with Crippen molar-refractivity contribution < 1.29 is 9.53 Å². The summed E-state index contributed by atoms with van der Waals surface area (Å²) in [6.45, 7) is 5.52. The van der Waals surface area contributed by atoms with Crippen LogP contribution < -0.4 is 0 Å². The SMILES string of the molecule is CC(C)(C)OC(=O)N1[C@H](C#N)C[C@@H]2C[C@@H]21. The van der Waals surface area contributed by atoms with E-state index >= 15 is 0 Å². The molecule has 82 valence electrons. The minimum absolute atomic E-state index is 0.268. The van der Waals surface area contributed by atoms with Gasteiger partial charge >= 0.3 is 6.09 Å². The van der Waals surface area contributed by atoms with Gasteiger partial charge in [0.05, 0.1) is 6.07 Å². The number of hydrogen-bond donors (Lipinski definition) is 0. The molecule has 2 fully saturated rings. The summed E-state index contributed by atoms with van der Waals surface area (Å²) in [4.78, 5) is 13.4. The summed E-state index contributed by atoms with van der Waals surface area (Å²) < 4.78 is 5.29. The molecule has 4 nitrogen and oxygen atoms in total. The predicted octanol–water partition coefficient (Wildman–Crippen LogP) is 1.91. The van der Waals surface area contributed by atoms with Gasteiger partial charge in [0.25, 0.3) is 0 Å². The second kappa shape index (κ2) is 3.13. The number of nitrogens with zero attached hydrogens (tertiary/aromatic N) is 2. The standard InChI is InChI=1S/C11H16N2O2/c1-11(2,3)15-10(14)13-8(6-12)4-7-5-9(7)13/h7-9H,4-5H2,1-3H3/t7-,8+,9+/m1/s1. The number of likely N-dealkylation sites (tertiary alicyclic amines) is 1. The molecule has 2 rings (SSSR count). The highest BCUT2D eigenvalue weighted by molar-refractivity contribution is 5.70. The molecule has 0 N–H and O–H groups in total. The second-order valence-electron chi connectivity index (χ2n) is 5.33. The van der Waals surface area contributed by atoms with Crippen molar-refractivity contribution in [3.05, 3.63) is 0 Å². The van der Waals surface area contributed by atoms with Gasteiger partial charge in [-0.15, -0.1) is 0 Å². The minimum Gasteiger partial charge on any atom is -0.444 e. The highest BCUT2D eigenvalue weighted by atomic mass is 16.6. The van der Waals surface area contributed by atoms with E-state index in [0.29, 0.717) is 5.92 Å². The van der Waals surface area contributed by atoms with Crippen LogP contribution in [0, 0.1) is 17.2 Å². The van der Waals surface area contributed by atoms with Crippen LogP contribution in [0.5, 0.6) is 0 Å². The van der Waals surface area contributed by atoms with Gasteiger partial charge in [-0.2, -0.15) is 5.26 Å². The van der Waals surface area contributed by atoms with Crippen molar-refractivity contribution in [1.82, 2.24) is 4.90 Å². The lowest BCUT2D eigenvalue weighted by Gasteiger charge is -2.27. The quantitative estimate of drug-likeness (QED) is 0.611. The zero-order valence-electron chi connectivity index (χ0n) is 9.36. The van der Waals surface area contributed by atoms with E-state index in [0.717, 1.165) is 12.8 Å². The molecule has 15 heavy (non-hydrogen) atoms. The number of nitriles is 1. The van der Waals surface area contributed by atoms with Gasteiger partial charge in [-0.3, -0.25) is 4.90 Å². The smallest absolute Gasteiger partial charge is 0.411 e. The third-order valence-electron chi connectivity index (χ3n) is 2.86. The number of fused-ring (bicyclic) bond motifs is 1. The summed E-state index contributed by atoms with van der Waals surface area (Å²) in [7, 11) is 0. The fourth-order valence-electron chi connectivity index (χ4n) is 2.15. The van der Waals surface area contributed by atoms with E-state index in [9.17, 15) is 4.79 Å². The van der Waals surface area contributed by atoms with Gasteiger partial charge in [0, 0.05) is 6.04 Å². The number of rotatable bonds is 0. The Bertz CT molecular complexity index is 326. The van der Waals surface area contributed by atoms with E-state index in [1.165, 1.54) is 0 Å². The second-order valence-corrected chi connectivity index (χ2v) is 5.33. The number of piperidine rings is 1. The molecule has 0 unspecified atom stereocenters. The number of amides is 1. The summed E-state index contributed by atoms with van der Waals surface area (Å²) >= 11 is 0. The van der Waals surface area contributed by atoms with Crippen LogP contribution in [0.1, 0.15) is 33.6 Å². The van der Waals surface area contributed by atoms with E-state index in [-0.39, 0.29) is 18.2 Å². The summed E-state index contributed by atoms with van der Waals surface area (Å²) in [6, 6.07) is 2.16. The van der Waals surface area contributed by atoms with Crippen LogP contribution in [-0.2, 0) is 4.74 Å². The average Bonchev–Trinajstić information content (AvgIpc) is 2.73. The highest BCUT2D eigenvalue weighted by Gasteiger charge is 2.55. The topological polar surface area (TPSA) is 53.3 Å². The molecule has 0 aromatic heterocycles. The van der Waals surface area contributed by atoms with E-state index in [4.69, 9.17) is 10.00 Å². The predicted molar refractivity (Wildman–Crippen MR) is 54.0 cm³/mol. The zero-order chi connectivity index (χ0) is 11.2. The number of ether oxygens (including phenoxy) is 1. The van der Waals surface area contributed by atoms with Crippen LogP contribution in [0.3, 0.4) is 0 Å². The van der Waals surface area contributed by atoms with Crippen LogP contribution in [0.2, 0.25) is 0 Å². The monoisotopic (exact) mass is 208 g/mol. The third kappa shape index (κ3) is 1.92. The van der Waals surface area contributed by atoms with Crippen molar-refractivity contribution in [2.75, 3.05) is 0 Å². The van der Waals surface area contributed by atoms with Crippen LogP contribution in [-0.4, -0.2) is 28.7 Å². The van der Waals surface area contributed by atoms with Crippen molar-refractivity contribution in [3.63, 3.8) is 0 Å².